The van der Waals surface area contributed by atoms with Crippen molar-refractivity contribution in [3.8, 4) is 0 Å². The van der Waals surface area contributed by atoms with Crippen molar-refractivity contribution >= 4 is 17.0 Å². The first-order chi connectivity index (χ1) is 8.24. The Morgan fingerprint density at radius 2 is 2.06 bits per heavy atom. The van der Waals surface area contributed by atoms with Crippen molar-refractivity contribution in [2.45, 2.75) is 20.3 Å². The van der Waals surface area contributed by atoms with Gasteiger partial charge in [-0.2, -0.15) is 0 Å². The molecule has 1 aliphatic rings. The Morgan fingerprint density at radius 1 is 1.18 bits per heavy atom. The van der Waals surface area contributed by atoms with Crippen LogP contribution in [0.5, 0.6) is 0 Å². The molecule has 2 aromatic rings. The summed E-state index contributed by atoms with van der Waals surface area (Å²) in [5, 5.41) is 1.24. The molecule has 3 rings (SSSR count). The Bertz CT molecular complexity index is 648. The molecule has 0 atom stereocenters. The minimum absolute atomic E-state index is 0.969. The summed E-state index contributed by atoms with van der Waals surface area (Å²) in [6.45, 7) is 4.22. The van der Waals surface area contributed by atoms with Gasteiger partial charge in [0, 0.05) is 11.6 Å². The van der Waals surface area contributed by atoms with E-state index in [1.54, 1.807) is 0 Å². The van der Waals surface area contributed by atoms with Gasteiger partial charge in [-0.1, -0.05) is 35.9 Å². The van der Waals surface area contributed by atoms with Gasteiger partial charge < -0.3 is 0 Å². The average Bonchev–Trinajstić information content (AvgIpc) is 2.49. The number of pyridine rings is 1. The summed E-state index contributed by atoms with van der Waals surface area (Å²) in [7, 11) is 0. The summed E-state index contributed by atoms with van der Waals surface area (Å²) in [6, 6.07) is 6.58. The van der Waals surface area contributed by atoms with Gasteiger partial charge in [0.25, 0.3) is 0 Å². The molecule has 1 aliphatic carbocycles. The van der Waals surface area contributed by atoms with Crippen molar-refractivity contribution in [2.75, 3.05) is 0 Å². The highest BCUT2D eigenvalue weighted by Crippen LogP contribution is 2.26. The largest absolute Gasteiger partial charge is 0.256 e. The van der Waals surface area contributed by atoms with Crippen molar-refractivity contribution in [1.29, 1.82) is 0 Å². The molecule has 0 aliphatic heterocycles. The first-order valence-corrected chi connectivity index (χ1v) is 5.97. The van der Waals surface area contributed by atoms with E-state index in [4.69, 9.17) is 0 Å². The van der Waals surface area contributed by atoms with Crippen LogP contribution in [0, 0.1) is 6.92 Å². The Labute approximate surface area is 102 Å². The highest BCUT2D eigenvalue weighted by molar-refractivity contribution is 5.86. The predicted octanol–water partition coefficient (Wildman–Crippen LogP) is 4.06. The van der Waals surface area contributed by atoms with Crippen LogP contribution in [0.1, 0.15) is 23.6 Å². The lowest BCUT2D eigenvalue weighted by molar-refractivity contribution is 1.24. The van der Waals surface area contributed by atoms with Crippen molar-refractivity contribution in [3.63, 3.8) is 0 Å². The fourth-order valence-electron chi connectivity index (χ4n) is 2.39. The summed E-state index contributed by atoms with van der Waals surface area (Å²) >= 11 is 0. The average molecular weight is 221 g/mol. The standard InChI is InChI=1S/C16H15N/c1-11-4-3-5-15-13(8-11)6-7-14-9-12(2)10-17-16(14)15/h3-4,6-10H,5H2,1-2H3. The first kappa shape index (κ1) is 10.3. The normalized spacial score (nSPS) is 14.4. The van der Waals surface area contributed by atoms with Crippen LogP contribution in [0.15, 0.2) is 42.1 Å². The topological polar surface area (TPSA) is 12.9 Å². The van der Waals surface area contributed by atoms with E-state index in [-0.39, 0.29) is 0 Å². The van der Waals surface area contributed by atoms with Crippen molar-refractivity contribution in [3.05, 3.63) is 58.8 Å². The molecule has 0 bridgehead atoms. The number of nitrogens with zero attached hydrogens (tertiary/aromatic N) is 1. The number of rotatable bonds is 0. The van der Waals surface area contributed by atoms with Gasteiger partial charge in [-0.3, -0.25) is 4.98 Å². The molecule has 0 radical (unpaired) electrons. The Balaban J connectivity index is 2.33. The van der Waals surface area contributed by atoms with E-state index in [1.807, 2.05) is 6.20 Å². The summed E-state index contributed by atoms with van der Waals surface area (Å²) < 4.78 is 0. The number of aryl methyl sites for hydroxylation is 1. The smallest absolute Gasteiger partial charge is 0.0743 e. The monoisotopic (exact) mass is 221 g/mol. The third-order valence-corrected chi connectivity index (χ3v) is 3.22. The van der Waals surface area contributed by atoms with Crippen LogP contribution >= 0.6 is 0 Å². The summed E-state index contributed by atoms with van der Waals surface area (Å²) in [5.41, 5.74) is 6.30. The second-order valence-electron chi connectivity index (χ2n) is 4.71. The predicted molar refractivity (Wildman–Crippen MR) is 73.0 cm³/mol. The third kappa shape index (κ3) is 1.78. The van der Waals surface area contributed by atoms with Gasteiger partial charge in [0.05, 0.1) is 5.52 Å². The molecule has 1 heterocycles. The third-order valence-electron chi connectivity index (χ3n) is 3.22. The molecule has 1 aromatic carbocycles. The lowest BCUT2D eigenvalue weighted by atomic mass is 10.00. The molecule has 0 N–H and O–H groups in total. The molecule has 0 spiro atoms. The zero-order valence-electron chi connectivity index (χ0n) is 10.2. The van der Waals surface area contributed by atoms with Gasteiger partial charge in [-0.15, -0.1) is 0 Å². The molecule has 0 saturated heterocycles. The van der Waals surface area contributed by atoms with E-state index in [2.05, 4.69) is 55.3 Å². The highest BCUT2D eigenvalue weighted by Gasteiger charge is 2.08. The molecule has 1 aromatic heterocycles. The summed E-state index contributed by atoms with van der Waals surface area (Å²) in [4.78, 5) is 4.60. The second-order valence-corrected chi connectivity index (χ2v) is 4.71. The SMILES string of the molecule is CC1=Cc2ccc3cc(C)cnc3c2CC=C1. The minimum atomic E-state index is 0.969. The molecular formula is C16H15N. The van der Waals surface area contributed by atoms with Crippen LogP contribution < -0.4 is 0 Å². The number of aromatic nitrogens is 1. The number of fused-ring (bicyclic) bond motifs is 3. The molecule has 1 nitrogen and oxygen atoms in total. The number of benzene rings is 1. The van der Waals surface area contributed by atoms with E-state index in [9.17, 15) is 0 Å². The molecule has 1 heteroatoms. The lowest BCUT2D eigenvalue weighted by Gasteiger charge is -2.08. The van der Waals surface area contributed by atoms with E-state index < -0.39 is 0 Å². The van der Waals surface area contributed by atoms with Gasteiger partial charge >= 0.3 is 0 Å². The maximum absolute atomic E-state index is 4.60. The van der Waals surface area contributed by atoms with Crippen LogP contribution in [-0.4, -0.2) is 4.98 Å². The Kier molecular flexibility index (Phi) is 2.32. The molecule has 17 heavy (non-hydrogen) atoms. The van der Waals surface area contributed by atoms with Crippen LogP contribution in [0.4, 0.5) is 0 Å². The van der Waals surface area contributed by atoms with Crippen LogP contribution in [0.3, 0.4) is 0 Å². The van der Waals surface area contributed by atoms with Gasteiger partial charge in [-0.05, 0) is 43.0 Å². The van der Waals surface area contributed by atoms with Crippen molar-refractivity contribution in [1.82, 2.24) is 4.98 Å². The number of hydrogen-bond acceptors (Lipinski definition) is 1. The minimum Gasteiger partial charge on any atom is -0.256 e. The Morgan fingerprint density at radius 3 is 2.94 bits per heavy atom. The molecular weight excluding hydrogens is 206 g/mol. The first-order valence-electron chi connectivity index (χ1n) is 5.97. The quantitative estimate of drug-likeness (QED) is 0.653. The zero-order valence-corrected chi connectivity index (χ0v) is 10.2. The van der Waals surface area contributed by atoms with Crippen molar-refractivity contribution < 1.29 is 0 Å². The maximum atomic E-state index is 4.60. The molecule has 0 saturated carbocycles. The Hall–Kier alpha value is -1.89. The summed E-state index contributed by atoms with van der Waals surface area (Å²) in [6.07, 6.45) is 9.56. The van der Waals surface area contributed by atoms with Gasteiger partial charge in [0.1, 0.15) is 0 Å². The van der Waals surface area contributed by atoms with Crippen molar-refractivity contribution in [2.24, 2.45) is 0 Å². The lowest BCUT2D eigenvalue weighted by Crippen LogP contribution is -1.92. The fourth-order valence-corrected chi connectivity index (χ4v) is 2.39. The van der Waals surface area contributed by atoms with E-state index in [0.717, 1.165) is 11.9 Å². The molecule has 0 amide bonds. The second kappa shape index (κ2) is 3.85. The zero-order chi connectivity index (χ0) is 11.8. The van der Waals surface area contributed by atoms with Gasteiger partial charge in [0.15, 0.2) is 0 Å². The van der Waals surface area contributed by atoms with Crippen LogP contribution in [0.2, 0.25) is 0 Å². The molecule has 0 unspecified atom stereocenters. The fraction of sp³-hybridized carbons (Fsp3) is 0.188. The van der Waals surface area contributed by atoms with E-state index in [0.29, 0.717) is 0 Å². The van der Waals surface area contributed by atoms with Crippen LogP contribution in [-0.2, 0) is 6.42 Å². The highest BCUT2D eigenvalue weighted by atomic mass is 14.7. The molecule has 84 valence electrons. The maximum Gasteiger partial charge on any atom is 0.0743 e. The van der Waals surface area contributed by atoms with E-state index in [1.165, 1.54) is 27.6 Å². The number of hydrogen-bond donors (Lipinski definition) is 0. The van der Waals surface area contributed by atoms with Gasteiger partial charge in [0.2, 0.25) is 0 Å². The molecule has 0 fully saturated rings. The van der Waals surface area contributed by atoms with Gasteiger partial charge in [-0.25, -0.2) is 0 Å². The van der Waals surface area contributed by atoms with E-state index >= 15 is 0 Å². The van der Waals surface area contributed by atoms with Crippen LogP contribution in [0.25, 0.3) is 17.0 Å². The summed E-state index contributed by atoms with van der Waals surface area (Å²) in [5.74, 6) is 0. The number of allylic oxidation sites excluding steroid dienone is 3.